The highest BCUT2D eigenvalue weighted by Crippen LogP contribution is 2.29. The highest BCUT2D eigenvalue weighted by atomic mass is 16.5. The maximum absolute atomic E-state index is 11.3. The van der Waals surface area contributed by atoms with Crippen molar-refractivity contribution >= 4 is 11.6 Å². The van der Waals surface area contributed by atoms with Crippen LogP contribution in [-0.4, -0.2) is 23.7 Å². The summed E-state index contributed by atoms with van der Waals surface area (Å²) in [5.74, 6) is 1.24. The largest absolute Gasteiger partial charge is 0.491 e. The van der Waals surface area contributed by atoms with Gasteiger partial charge in [-0.2, -0.15) is 0 Å². The molecule has 0 saturated heterocycles. The smallest absolute Gasteiger partial charge is 0.224 e. The van der Waals surface area contributed by atoms with Crippen LogP contribution in [0, 0.1) is 5.92 Å². The van der Waals surface area contributed by atoms with Crippen molar-refractivity contribution in [2.75, 3.05) is 11.9 Å². The second-order valence-electron chi connectivity index (χ2n) is 6.14. The van der Waals surface area contributed by atoms with E-state index in [4.69, 9.17) is 4.74 Å². The zero-order valence-electron chi connectivity index (χ0n) is 12.3. The van der Waals surface area contributed by atoms with E-state index in [0.717, 1.165) is 36.3 Å². The summed E-state index contributed by atoms with van der Waals surface area (Å²) < 4.78 is 5.75. The summed E-state index contributed by atoms with van der Waals surface area (Å²) >= 11 is 0. The van der Waals surface area contributed by atoms with Crippen LogP contribution in [0.1, 0.15) is 44.1 Å². The number of fused-ring (bicyclic) bond motifs is 1. The molecule has 1 aliphatic carbocycles. The predicted octanol–water partition coefficient (Wildman–Crippen LogP) is 2.89. The highest BCUT2D eigenvalue weighted by Gasteiger charge is 2.22. The molecule has 0 spiro atoms. The first kappa shape index (κ1) is 14.4. The van der Waals surface area contributed by atoms with Crippen molar-refractivity contribution in [2.45, 2.75) is 51.0 Å². The van der Waals surface area contributed by atoms with Gasteiger partial charge in [0.15, 0.2) is 0 Å². The van der Waals surface area contributed by atoms with E-state index in [0.29, 0.717) is 18.9 Å². The third-order valence-corrected chi connectivity index (χ3v) is 4.59. The molecule has 3 rings (SSSR count). The fourth-order valence-corrected chi connectivity index (χ4v) is 3.29. The predicted molar refractivity (Wildman–Crippen MR) is 81.5 cm³/mol. The van der Waals surface area contributed by atoms with Crippen molar-refractivity contribution in [3.05, 3.63) is 23.8 Å². The van der Waals surface area contributed by atoms with Gasteiger partial charge in [0.25, 0.3) is 0 Å². The van der Waals surface area contributed by atoms with Gasteiger partial charge >= 0.3 is 0 Å². The lowest BCUT2D eigenvalue weighted by Gasteiger charge is -2.26. The molecule has 2 N–H and O–H groups in total. The number of carbonyl (C=O) groups excluding carboxylic acids is 1. The Morgan fingerprint density at radius 3 is 2.86 bits per heavy atom. The number of carbonyl (C=O) groups is 1. The van der Waals surface area contributed by atoms with Gasteiger partial charge in [0.1, 0.15) is 12.4 Å². The van der Waals surface area contributed by atoms with Crippen LogP contribution < -0.4 is 10.1 Å². The first-order valence-corrected chi connectivity index (χ1v) is 7.96. The molecule has 1 unspecified atom stereocenters. The second kappa shape index (κ2) is 6.48. The lowest BCUT2D eigenvalue weighted by molar-refractivity contribution is -0.116. The molecule has 4 nitrogen and oxygen atoms in total. The Labute approximate surface area is 125 Å². The van der Waals surface area contributed by atoms with E-state index in [-0.39, 0.29) is 12.0 Å². The van der Waals surface area contributed by atoms with E-state index < -0.39 is 0 Å². The van der Waals surface area contributed by atoms with Crippen molar-refractivity contribution in [2.24, 2.45) is 5.92 Å². The summed E-state index contributed by atoms with van der Waals surface area (Å²) in [5, 5.41) is 13.1. The van der Waals surface area contributed by atoms with Crippen LogP contribution in [0.3, 0.4) is 0 Å². The standard InChI is InChI=1S/C17H23NO3/c19-16(12-4-2-1-3-5-12)11-21-14-7-8-15-13(10-14)6-9-17(20)18-15/h7-8,10,12,16,19H,1-6,9,11H2,(H,18,20). The summed E-state index contributed by atoms with van der Waals surface area (Å²) in [6.45, 7) is 0.357. The van der Waals surface area contributed by atoms with Crippen LogP contribution in [-0.2, 0) is 11.2 Å². The van der Waals surface area contributed by atoms with Crippen LogP contribution in [0.4, 0.5) is 5.69 Å². The summed E-state index contributed by atoms with van der Waals surface area (Å²) in [7, 11) is 0. The topological polar surface area (TPSA) is 58.6 Å². The molecule has 4 heteroatoms. The van der Waals surface area contributed by atoms with E-state index in [1.165, 1.54) is 19.3 Å². The highest BCUT2D eigenvalue weighted by molar-refractivity contribution is 5.93. The number of ether oxygens (including phenoxy) is 1. The van der Waals surface area contributed by atoms with Crippen molar-refractivity contribution in [3.8, 4) is 5.75 Å². The van der Waals surface area contributed by atoms with Gasteiger partial charge in [-0.15, -0.1) is 0 Å². The van der Waals surface area contributed by atoms with Crippen LogP contribution >= 0.6 is 0 Å². The number of aryl methyl sites for hydroxylation is 1. The SMILES string of the molecule is O=C1CCc2cc(OCC(O)C3CCCCC3)ccc2N1. The van der Waals surface area contributed by atoms with Gasteiger partial charge in [0.2, 0.25) is 5.91 Å². The van der Waals surface area contributed by atoms with E-state index in [2.05, 4.69) is 5.32 Å². The lowest BCUT2D eigenvalue weighted by atomic mass is 9.85. The third-order valence-electron chi connectivity index (χ3n) is 4.59. The Hall–Kier alpha value is -1.55. The average Bonchev–Trinajstić information content (AvgIpc) is 2.53. The maximum atomic E-state index is 11.3. The van der Waals surface area contributed by atoms with Gasteiger partial charge in [-0.3, -0.25) is 4.79 Å². The Balaban J connectivity index is 1.56. The molecule has 1 amide bonds. The fourth-order valence-electron chi connectivity index (χ4n) is 3.29. The number of hydrogen-bond donors (Lipinski definition) is 2. The Morgan fingerprint density at radius 2 is 2.05 bits per heavy atom. The number of benzene rings is 1. The molecule has 0 bridgehead atoms. The van der Waals surface area contributed by atoms with Gasteiger partial charge in [-0.25, -0.2) is 0 Å². The van der Waals surface area contributed by atoms with E-state index in [1.54, 1.807) is 0 Å². The Morgan fingerprint density at radius 1 is 1.24 bits per heavy atom. The number of anilines is 1. The molecule has 1 aromatic carbocycles. The summed E-state index contributed by atoms with van der Waals surface area (Å²) in [4.78, 5) is 11.3. The van der Waals surface area contributed by atoms with Gasteiger partial charge in [0.05, 0.1) is 6.10 Å². The lowest BCUT2D eigenvalue weighted by Crippen LogP contribution is -2.29. The monoisotopic (exact) mass is 289 g/mol. The molecular formula is C17H23NO3. The molecule has 114 valence electrons. The molecule has 0 radical (unpaired) electrons. The number of nitrogens with one attached hydrogen (secondary N) is 1. The molecular weight excluding hydrogens is 266 g/mol. The number of amides is 1. The van der Waals surface area contributed by atoms with Gasteiger partial charge in [-0.1, -0.05) is 19.3 Å². The number of aliphatic hydroxyl groups excluding tert-OH is 1. The quantitative estimate of drug-likeness (QED) is 0.896. The normalized spacial score (nSPS) is 20.5. The van der Waals surface area contributed by atoms with E-state index >= 15 is 0 Å². The zero-order chi connectivity index (χ0) is 14.7. The van der Waals surface area contributed by atoms with E-state index in [9.17, 15) is 9.90 Å². The molecule has 0 aromatic heterocycles. The third kappa shape index (κ3) is 3.56. The molecule has 1 aliphatic heterocycles. The second-order valence-corrected chi connectivity index (χ2v) is 6.14. The Bertz CT molecular complexity index is 509. The molecule has 21 heavy (non-hydrogen) atoms. The van der Waals surface area contributed by atoms with Crippen molar-refractivity contribution in [1.82, 2.24) is 0 Å². The summed E-state index contributed by atoms with van der Waals surface area (Å²) in [6, 6.07) is 5.72. The summed E-state index contributed by atoms with van der Waals surface area (Å²) in [6.07, 6.45) is 6.87. The molecule has 1 saturated carbocycles. The first-order chi connectivity index (χ1) is 10.2. The zero-order valence-corrected chi connectivity index (χ0v) is 12.3. The van der Waals surface area contributed by atoms with Crippen molar-refractivity contribution in [1.29, 1.82) is 0 Å². The van der Waals surface area contributed by atoms with Crippen molar-refractivity contribution < 1.29 is 14.6 Å². The van der Waals surface area contributed by atoms with Crippen LogP contribution in [0.5, 0.6) is 5.75 Å². The number of aliphatic hydroxyl groups is 1. The molecule has 1 heterocycles. The molecule has 2 aliphatic rings. The Kier molecular flexibility index (Phi) is 4.44. The summed E-state index contributed by atoms with van der Waals surface area (Å²) in [5.41, 5.74) is 1.99. The average molecular weight is 289 g/mol. The van der Waals surface area contributed by atoms with Gasteiger partial charge in [-0.05, 0) is 48.9 Å². The molecule has 1 aromatic rings. The fraction of sp³-hybridized carbons (Fsp3) is 0.588. The molecule has 1 atom stereocenters. The number of hydrogen-bond acceptors (Lipinski definition) is 3. The van der Waals surface area contributed by atoms with Crippen LogP contribution in [0.2, 0.25) is 0 Å². The van der Waals surface area contributed by atoms with Crippen LogP contribution in [0.15, 0.2) is 18.2 Å². The first-order valence-electron chi connectivity index (χ1n) is 7.96. The van der Waals surface area contributed by atoms with Gasteiger partial charge < -0.3 is 15.2 Å². The van der Waals surface area contributed by atoms with Crippen molar-refractivity contribution in [3.63, 3.8) is 0 Å². The van der Waals surface area contributed by atoms with E-state index in [1.807, 2.05) is 18.2 Å². The minimum absolute atomic E-state index is 0.0730. The minimum Gasteiger partial charge on any atom is -0.491 e. The minimum atomic E-state index is -0.374. The van der Waals surface area contributed by atoms with Crippen LogP contribution in [0.25, 0.3) is 0 Å². The molecule has 1 fully saturated rings. The number of rotatable bonds is 4. The van der Waals surface area contributed by atoms with Gasteiger partial charge in [0, 0.05) is 12.1 Å². The maximum Gasteiger partial charge on any atom is 0.224 e.